The number of fused-ring (bicyclic) bond motifs is 1. The summed E-state index contributed by atoms with van der Waals surface area (Å²) < 4.78 is 26.8. The standard InChI is InChI=1S/C17H18N2O2S/c1-3-15(13-10-8-12(2)9-11-13)18-17-14-6-4-5-7-16(14)22(20,21)19-17/h4-11,15H,3H2,1-2H3,(H,18,19)/t15-/m0/s1. The lowest BCUT2D eigenvalue weighted by atomic mass is 10.0. The van der Waals surface area contributed by atoms with Crippen LogP contribution < -0.4 is 4.72 Å². The SMILES string of the molecule is CC[C@H](N=C1NS(=O)(=O)c2ccccc21)c1ccc(C)cc1. The number of nitrogens with zero attached hydrogens (tertiary/aromatic N) is 1. The Morgan fingerprint density at radius 3 is 2.45 bits per heavy atom. The Morgan fingerprint density at radius 1 is 1.09 bits per heavy atom. The first kappa shape index (κ1) is 14.8. The zero-order valence-corrected chi connectivity index (χ0v) is 13.4. The molecule has 0 aliphatic carbocycles. The van der Waals surface area contributed by atoms with Crippen molar-refractivity contribution in [3.63, 3.8) is 0 Å². The topological polar surface area (TPSA) is 58.5 Å². The second-order valence-corrected chi connectivity index (χ2v) is 7.06. The molecule has 0 fully saturated rings. The van der Waals surface area contributed by atoms with Gasteiger partial charge in [-0.25, -0.2) is 8.42 Å². The van der Waals surface area contributed by atoms with Crippen molar-refractivity contribution < 1.29 is 8.42 Å². The molecule has 1 aliphatic rings. The van der Waals surface area contributed by atoms with Crippen LogP contribution in [0.15, 0.2) is 58.4 Å². The van der Waals surface area contributed by atoms with Crippen molar-refractivity contribution in [1.82, 2.24) is 4.72 Å². The van der Waals surface area contributed by atoms with Crippen LogP contribution in [0, 0.1) is 6.92 Å². The first-order valence-corrected chi connectivity index (χ1v) is 8.76. The predicted octanol–water partition coefficient (Wildman–Crippen LogP) is 3.18. The minimum atomic E-state index is -3.48. The number of hydrogen-bond acceptors (Lipinski definition) is 3. The van der Waals surface area contributed by atoms with E-state index in [1.807, 2.05) is 44.2 Å². The highest BCUT2D eigenvalue weighted by Gasteiger charge is 2.30. The van der Waals surface area contributed by atoms with Crippen LogP contribution in [0.25, 0.3) is 0 Å². The molecule has 5 heteroatoms. The molecule has 0 bridgehead atoms. The summed E-state index contributed by atoms with van der Waals surface area (Å²) in [5.41, 5.74) is 2.93. The van der Waals surface area contributed by atoms with Crippen molar-refractivity contribution in [3.05, 3.63) is 65.2 Å². The van der Waals surface area contributed by atoms with Gasteiger partial charge in [-0.15, -0.1) is 0 Å². The van der Waals surface area contributed by atoms with Crippen LogP contribution in [0.2, 0.25) is 0 Å². The summed E-state index contributed by atoms with van der Waals surface area (Å²) in [5.74, 6) is 0.433. The Kier molecular flexibility index (Phi) is 3.74. The van der Waals surface area contributed by atoms with Gasteiger partial charge in [-0.05, 0) is 31.0 Å². The zero-order chi connectivity index (χ0) is 15.7. The molecule has 114 valence electrons. The summed E-state index contributed by atoms with van der Waals surface area (Å²) >= 11 is 0. The van der Waals surface area contributed by atoms with Crippen LogP contribution in [-0.2, 0) is 10.0 Å². The van der Waals surface area contributed by atoms with Crippen molar-refractivity contribution in [2.24, 2.45) is 4.99 Å². The third-order valence-electron chi connectivity index (χ3n) is 3.80. The number of aryl methyl sites for hydroxylation is 1. The maximum Gasteiger partial charge on any atom is 0.263 e. The van der Waals surface area contributed by atoms with Gasteiger partial charge in [0.1, 0.15) is 5.84 Å². The molecule has 22 heavy (non-hydrogen) atoms. The maximum atomic E-state index is 12.1. The van der Waals surface area contributed by atoms with Gasteiger partial charge in [-0.1, -0.05) is 48.9 Å². The molecule has 1 atom stereocenters. The molecule has 0 aromatic heterocycles. The van der Waals surface area contributed by atoms with Crippen molar-refractivity contribution in [2.45, 2.75) is 31.2 Å². The average molecular weight is 314 g/mol. The molecular formula is C17H18N2O2S. The van der Waals surface area contributed by atoms with Crippen LogP contribution >= 0.6 is 0 Å². The molecule has 1 aliphatic heterocycles. The van der Waals surface area contributed by atoms with E-state index in [2.05, 4.69) is 9.71 Å². The maximum absolute atomic E-state index is 12.1. The van der Waals surface area contributed by atoms with Gasteiger partial charge >= 0.3 is 0 Å². The van der Waals surface area contributed by atoms with Crippen molar-refractivity contribution in [1.29, 1.82) is 0 Å². The third-order valence-corrected chi connectivity index (χ3v) is 5.19. The Morgan fingerprint density at radius 2 is 1.77 bits per heavy atom. The second-order valence-electron chi connectivity index (χ2n) is 5.41. The third kappa shape index (κ3) is 2.64. The molecule has 1 heterocycles. The second kappa shape index (κ2) is 5.57. The zero-order valence-electron chi connectivity index (χ0n) is 12.6. The van der Waals surface area contributed by atoms with Crippen LogP contribution in [0.1, 0.15) is 36.1 Å². The van der Waals surface area contributed by atoms with Gasteiger partial charge < -0.3 is 0 Å². The number of amidine groups is 1. The van der Waals surface area contributed by atoms with E-state index in [-0.39, 0.29) is 6.04 Å². The molecule has 0 saturated heterocycles. The van der Waals surface area contributed by atoms with Gasteiger partial charge in [0, 0.05) is 5.56 Å². The molecule has 0 radical (unpaired) electrons. The molecule has 0 saturated carbocycles. The lowest BCUT2D eigenvalue weighted by Crippen LogP contribution is -2.22. The lowest BCUT2D eigenvalue weighted by molar-refractivity contribution is 0.594. The van der Waals surface area contributed by atoms with E-state index in [1.165, 1.54) is 5.56 Å². The highest BCUT2D eigenvalue weighted by molar-refractivity contribution is 7.90. The summed E-state index contributed by atoms with van der Waals surface area (Å²) in [5, 5.41) is 0. The van der Waals surface area contributed by atoms with Gasteiger partial charge in [0.05, 0.1) is 10.9 Å². The monoisotopic (exact) mass is 314 g/mol. The minimum Gasteiger partial charge on any atom is -0.263 e. The number of sulfonamides is 1. The number of rotatable bonds is 3. The average Bonchev–Trinajstić information content (AvgIpc) is 2.77. The van der Waals surface area contributed by atoms with Gasteiger partial charge in [0.2, 0.25) is 0 Å². The molecule has 0 amide bonds. The summed E-state index contributed by atoms with van der Waals surface area (Å²) in [6, 6.07) is 15.1. The van der Waals surface area contributed by atoms with Gasteiger partial charge in [-0.3, -0.25) is 9.71 Å². The number of aliphatic imine (C=N–C) groups is 1. The fraction of sp³-hybridized carbons (Fsp3) is 0.235. The van der Waals surface area contributed by atoms with Crippen LogP contribution in [-0.4, -0.2) is 14.3 Å². The quantitative estimate of drug-likeness (QED) is 0.946. The van der Waals surface area contributed by atoms with E-state index < -0.39 is 10.0 Å². The highest BCUT2D eigenvalue weighted by atomic mass is 32.2. The fourth-order valence-corrected chi connectivity index (χ4v) is 3.81. The number of nitrogens with one attached hydrogen (secondary N) is 1. The summed E-state index contributed by atoms with van der Waals surface area (Å²) in [6.45, 7) is 4.09. The van der Waals surface area contributed by atoms with Crippen molar-refractivity contribution >= 4 is 15.9 Å². The summed E-state index contributed by atoms with van der Waals surface area (Å²) in [6.07, 6.45) is 0.802. The lowest BCUT2D eigenvalue weighted by Gasteiger charge is -2.12. The minimum absolute atomic E-state index is 0.0653. The first-order valence-electron chi connectivity index (χ1n) is 7.28. The largest absolute Gasteiger partial charge is 0.263 e. The first-order chi connectivity index (χ1) is 10.5. The van der Waals surface area contributed by atoms with Crippen molar-refractivity contribution in [2.75, 3.05) is 0 Å². The molecule has 0 unspecified atom stereocenters. The van der Waals surface area contributed by atoms with Crippen LogP contribution in [0.3, 0.4) is 0 Å². The molecule has 2 aromatic carbocycles. The van der Waals surface area contributed by atoms with E-state index in [9.17, 15) is 8.42 Å². The summed E-state index contributed by atoms with van der Waals surface area (Å²) in [7, 11) is -3.48. The van der Waals surface area contributed by atoms with E-state index in [1.54, 1.807) is 18.2 Å². The van der Waals surface area contributed by atoms with E-state index in [4.69, 9.17) is 0 Å². The predicted molar refractivity (Wildman–Crippen MR) is 87.5 cm³/mol. The molecule has 3 rings (SSSR count). The van der Waals surface area contributed by atoms with E-state index in [0.29, 0.717) is 16.3 Å². The molecular weight excluding hydrogens is 296 g/mol. The van der Waals surface area contributed by atoms with Crippen molar-refractivity contribution in [3.8, 4) is 0 Å². The van der Waals surface area contributed by atoms with Gasteiger partial charge in [0.15, 0.2) is 0 Å². The Labute approximate surface area is 131 Å². The van der Waals surface area contributed by atoms with Gasteiger partial charge in [0.25, 0.3) is 10.0 Å². The fourth-order valence-electron chi connectivity index (χ4n) is 2.58. The smallest absolute Gasteiger partial charge is 0.263 e. The summed E-state index contributed by atoms with van der Waals surface area (Å²) in [4.78, 5) is 4.96. The Bertz CT molecular complexity index is 824. The molecule has 0 spiro atoms. The van der Waals surface area contributed by atoms with Crippen LogP contribution in [0.5, 0.6) is 0 Å². The van der Waals surface area contributed by atoms with E-state index in [0.717, 1.165) is 12.0 Å². The molecule has 2 aromatic rings. The van der Waals surface area contributed by atoms with Crippen LogP contribution in [0.4, 0.5) is 0 Å². The highest BCUT2D eigenvalue weighted by Crippen LogP contribution is 2.27. The Balaban J connectivity index is 2.03. The number of benzene rings is 2. The number of hydrogen-bond donors (Lipinski definition) is 1. The van der Waals surface area contributed by atoms with E-state index >= 15 is 0 Å². The Hall–Kier alpha value is -2.14. The molecule has 4 nitrogen and oxygen atoms in total. The van der Waals surface area contributed by atoms with Gasteiger partial charge in [-0.2, -0.15) is 0 Å². The molecule has 1 N–H and O–H groups in total. The normalized spacial score (nSPS) is 18.7.